The molecule has 3 rings (SSSR count). The maximum absolute atomic E-state index is 11.8. The third kappa shape index (κ3) is 5.94. The van der Waals surface area contributed by atoms with Crippen molar-refractivity contribution in [3.05, 3.63) is 89.3 Å². The van der Waals surface area contributed by atoms with Crippen LogP contribution in [0.25, 0.3) is 16.5 Å². The summed E-state index contributed by atoms with van der Waals surface area (Å²) in [4.78, 5) is 25.6. The molecule has 2 aromatic carbocycles. The Morgan fingerprint density at radius 1 is 0.926 bits per heavy atom. The van der Waals surface area contributed by atoms with Gasteiger partial charge in [0.15, 0.2) is 6.61 Å². The fourth-order valence-corrected chi connectivity index (χ4v) is 3.30. The molecular weight excluding hydrogens is 358 g/mol. The summed E-state index contributed by atoms with van der Waals surface area (Å²) in [6, 6.07) is 23.6. The summed E-state index contributed by atoms with van der Waals surface area (Å²) in [5, 5.41) is 2.71. The zero-order chi connectivity index (χ0) is 18.9. The van der Waals surface area contributed by atoms with Gasteiger partial charge >= 0.3 is 5.97 Å². The van der Waals surface area contributed by atoms with E-state index in [-0.39, 0.29) is 12.5 Å². The third-order valence-electron chi connectivity index (χ3n) is 3.75. The van der Waals surface area contributed by atoms with Gasteiger partial charge in [-0.2, -0.15) is 0 Å². The van der Waals surface area contributed by atoms with Gasteiger partial charge in [-0.15, -0.1) is 11.3 Å². The van der Waals surface area contributed by atoms with Crippen LogP contribution in [0.1, 0.15) is 10.4 Å². The summed E-state index contributed by atoms with van der Waals surface area (Å²) in [5.41, 5.74) is 2.13. The van der Waals surface area contributed by atoms with Crippen molar-refractivity contribution in [2.75, 3.05) is 6.61 Å². The predicted octanol–water partition coefficient (Wildman–Crippen LogP) is 4.29. The second kappa shape index (κ2) is 9.50. The van der Waals surface area contributed by atoms with Crippen molar-refractivity contribution in [1.29, 1.82) is 0 Å². The lowest BCUT2D eigenvalue weighted by molar-refractivity contribution is -0.143. The first kappa shape index (κ1) is 18.6. The van der Waals surface area contributed by atoms with Crippen LogP contribution in [0.3, 0.4) is 0 Å². The molecule has 0 aliphatic heterocycles. The van der Waals surface area contributed by atoms with Crippen LogP contribution in [-0.2, 0) is 20.9 Å². The van der Waals surface area contributed by atoms with Crippen molar-refractivity contribution in [2.45, 2.75) is 6.54 Å². The minimum absolute atomic E-state index is 0.296. The molecule has 0 bridgehead atoms. The fourth-order valence-electron chi connectivity index (χ4n) is 2.38. The first-order valence-corrected chi connectivity index (χ1v) is 9.33. The summed E-state index contributed by atoms with van der Waals surface area (Å²) in [7, 11) is 0. The van der Waals surface area contributed by atoms with Gasteiger partial charge < -0.3 is 10.1 Å². The topological polar surface area (TPSA) is 55.4 Å². The second-order valence-corrected chi connectivity index (χ2v) is 6.89. The van der Waals surface area contributed by atoms with E-state index in [1.54, 1.807) is 17.4 Å². The van der Waals surface area contributed by atoms with E-state index in [0.29, 0.717) is 6.54 Å². The highest BCUT2D eigenvalue weighted by molar-refractivity contribution is 7.16. The number of thiophene rings is 1. The minimum atomic E-state index is -0.542. The van der Waals surface area contributed by atoms with Crippen molar-refractivity contribution < 1.29 is 14.3 Å². The highest BCUT2D eigenvalue weighted by Gasteiger charge is 2.05. The average Bonchev–Trinajstić information content (AvgIpc) is 3.20. The van der Waals surface area contributed by atoms with E-state index >= 15 is 0 Å². The fraction of sp³-hybridized carbons (Fsp3) is 0.0909. The largest absolute Gasteiger partial charge is 0.452 e. The SMILES string of the molecule is O=C(COC(=O)/C=C/c1ccc(-c2ccccc2)s1)NCc1ccccc1. The van der Waals surface area contributed by atoms with E-state index in [0.717, 1.165) is 20.9 Å². The normalized spacial score (nSPS) is 10.7. The van der Waals surface area contributed by atoms with Gasteiger partial charge in [-0.3, -0.25) is 4.79 Å². The maximum atomic E-state index is 11.8. The van der Waals surface area contributed by atoms with Crippen LogP contribution in [0.2, 0.25) is 0 Å². The smallest absolute Gasteiger partial charge is 0.331 e. The van der Waals surface area contributed by atoms with Crippen LogP contribution in [0.15, 0.2) is 78.9 Å². The van der Waals surface area contributed by atoms with E-state index < -0.39 is 5.97 Å². The van der Waals surface area contributed by atoms with Crippen molar-refractivity contribution >= 4 is 29.3 Å². The molecule has 3 aromatic rings. The van der Waals surface area contributed by atoms with Crippen molar-refractivity contribution in [2.24, 2.45) is 0 Å². The number of rotatable bonds is 7. The Bertz CT molecular complexity index is 917. The van der Waals surface area contributed by atoms with Crippen LogP contribution >= 0.6 is 11.3 Å². The van der Waals surface area contributed by atoms with Crippen molar-refractivity contribution in [1.82, 2.24) is 5.32 Å². The molecule has 1 amide bonds. The molecular formula is C22H19NO3S. The molecule has 0 unspecified atom stereocenters. The summed E-state index contributed by atoms with van der Waals surface area (Å²) >= 11 is 1.58. The van der Waals surface area contributed by atoms with Gasteiger partial charge in [0.05, 0.1) is 0 Å². The Balaban J connectivity index is 1.44. The van der Waals surface area contributed by atoms with Crippen LogP contribution < -0.4 is 5.32 Å². The molecule has 0 aliphatic rings. The molecule has 0 fully saturated rings. The van der Waals surface area contributed by atoms with E-state index in [4.69, 9.17) is 4.74 Å². The molecule has 27 heavy (non-hydrogen) atoms. The summed E-state index contributed by atoms with van der Waals surface area (Å²) < 4.78 is 4.97. The van der Waals surface area contributed by atoms with Crippen LogP contribution in [-0.4, -0.2) is 18.5 Å². The number of ether oxygens (including phenoxy) is 1. The molecule has 0 atom stereocenters. The first-order chi connectivity index (χ1) is 13.2. The van der Waals surface area contributed by atoms with Gasteiger partial charge in [0, 0.05) is 22.4 Å². The molecule has 0 spiro atoms. The molecule has 0 aliphatic carbocycles. The van der Waals surface area contributed by atoms with Gasteiger partial charge in [-0.25, -0.2) is 4.79 Å². The Morgan fingerprint density at radius 2 is 1.63 bits per heavy atom. The molecule has 1 aromatic heterocycles. The molecule has 1 N–H and O–H groups in total. The lowest BCUT2D eigenvalue weighted by Crippen LogP contribution is -2.28. The van der Waals surface area contributed by atoms with E-state index in [2.05, 4.69) is 5.32 Å². The first-order valence-electron chi connectivity index (χ1n) is 8.51. The quantitative estimate of drug-likeness (QED) is 0.494. The number of hydrogen-bond donors (Lipinski definition) is 1. The third-order valence-corrected chi connectivity index (χ3v) is 4.85. The molecule has 4 nitrogen and oxygen atoms in total. The number of amides is 1. The lowest BCUT2D eigenvalue weighted by Gasteiger charge is -2.05. The van der Waals surface area contributed by atoms with Gasteiger partial charge in [0.25, 0.3) is 5.91 Å². The number of benzene rings is 2. The summed E-state index contributed by atoms with van der Waals surface area (Å²) in [6.45, 7) is 0.111. The number of hydrogen-bond acceptors (Lipinski definition) is 4. The highest BCUT2D eigenvalue weighted by Crippen LogP contribution is 2.28. The Hall–Kier alpha value is -3.18. The van der Waals surface area contributed by atoms with E-state index in [1.165, 1.54) is 6.08 Å². The molecule has 5 heteroatoms. The Morgan fingerprint density at radius 3 is 2.37 bits per heavy atom. The maximum Gasteiger partial charge on any atom is 0.331 e. The second-order valence-electron chi connectivity index (χ2n) is 5.77. The van der Waals surface area contributed by atoms with Crippen molar-refractivity contribution in [3.63, 3.8) is 0 Å². The zero-order valence-corrected chi connectivity index (χ0v) is 15.4. The average molecular weight is 377 g/mol. The lowest BCUT2D eigenvalue weighted by atomic mass is 10.2. The molecule has 136 valence electrons. The number of carbonyl (C=O) groups excluding carboxylic acids is 2. The zero-order valence-electron chi connectivity index (χ0n) is 14.6. The van der Waals surface area contributed by atoms with Crippen LogP contribution in [0.4, 0.5) is 0 Å². The van der Waals surface area contributed by atoms with Crippen molar-refractivity contribution in [3.8, 4) is 10.4 Å². The molecule has 1 heterocycles. The summed E-state index contributed by atoms with van der Waals surface area (Å²) in [5.74, 6) is -0.873. The summed E-state index contributed by atoms with van der Waals surface area (Å²) in [6.07, 6.45) is 3.03. The molecule has 0 saturated carbocycles. The Kier molecular flexibility index (Phi) is 6.55. The van der Waals surface area contributed by atoms with Gasteiger partial charge in [-0.1, -0.05) is 60.7 Å². The number of esters is 1. The number of carbonyl (C=O) groups is 2. The number of nitrogens with one attached hydrogen (secondary N) is 1. The van der Waals surface area contributed by atoms with Gasteiger partial charge in [0.1, 0.15) is 0 Å². The molecule has 0 saturated heterocycles. The van der Waals surface area contributed by atoms with Crippen LogP contribution in [0, 0.1) is 0 Å². The van der Waals surface area contributed by atoms with Gasteiger partial charge in [0.2, 0.25) is 0 Å². The Labute approximate surface area is 162 Å². The van der Waals surface area contributed by atoms with E-state index in [9.17, 15) is 9.59 Å². The predicted molar refractivity (Wildman–Crippen MR) is 108 cm³/mol. The van der Waals surface area contributed by atoms with Crippen LogP contribution in [0.5, 0.6) is 0 Å². The highest BCUT2D eigenvalue weighted by atomic mass is 32.1. The van der Waals surface area contributed by atoms with Gasteiger partial charge in [-0.05, 0) is 29.3 Å². The minimum Gasteiger partial charge on any atom is -0.452 e. The standard InChI is InChI=1S/C22H19NO3S/c24-21(23-15-17-7-3-1-4-8-17)16-26-22(25)14-12-19-11-13-20(27-19)18-9-5-2-6-10-18/h1-14H,15-16H2,(H,23,24)/b14-12+. The monoisotopic (exact) mass is 377 g/mol. The molecule has 0 radical (unpaired) electrons. The van der Waals surface area contributed by atoms with E-state index in [1.807, 2.05) is 72.8 Å².